The van der Waals surface area contributed by atoms with E-state index in [1.807, 2.05) is 41.1 Å². The summed E-state index contributed by atoms with van der Waals surface area (Å²) in [4.78, 5) is 22.1. The maximum Gasteiger partial charge on any atom is 0.275 e. The third-order valence-corrected chi connectivity index (χ3v) is 5.83. The van der Waals surface area contributed by atoms with E-state index in [2.05, 4.69) is 21.8 Å². The highest BCUT2D eigenvalue weighted by atomic mass is 16.5. The first-order valence-corrected chi connectivity index (χ1v) is 11.2. The van der Waals surface area contributed by atoms with Crippen LogP contribution in [0.15, 0.2) is 47.7 Å². The molecule has 0 radical (unpaired) electrons. The molecule has 2 aromatic heterocycles. The molecule has 31 heavy (non-hydrogen) atoms. The number of likely N-dealkylation sites (tertiary alicyclic amines) is 1. The van der Waals surface area contributed by atoms with Gasteiger partial charge >= 0.3 is 0 Å². The van der Waals surface area contributed by atoms with Gasteiger partial charge in [-0.15, -0.1) is 0 Å². The molecule has 166 valence electrons. The molecule has 0 amide bonds. The van der Waals surface area contributed by atoms with Crippen molar-refractivity contribution in [2.45, 2.75) is 46.1 Å². The van der Waals surface area contributed by atoms with Gasteiger partial charge < -0.3 is 19.0 Å². The van der Waals surface area contributed by atoms with Crippen molar-refractivity contribution >= 4 is 11.0 Å². The van der Waals surface area contributed by atoms with Crippen LogP contribution in [0.1, 0.15) is 37.3 Å². The van der Waals surface area contributed by atoms with Gasteiger partial charge in [0, 0.05) is 31.5 Å². The molecule has 1 atom stereocenters. The summed E-state index contributed by atoms with van der Waals surface area (Å²) in [6.45, 7) is 7.54. The number of unbranched alkanes of at least 4 members (excludes halogenated alkanes) is 1. The van der Waals surface area contributed by atoms with E-state index in [1.165, 1.54) is 12.7 Å². The van der Waals surface area contributed by atoms with Crippen LogP contribution in [0.2, 0.25) is 0 Å². The fraction of sp³-hybridized carbons (Fsp3) is 0.500. The molecule has 3 heterocycles. The lowest BCUT2D eigenvalue weighted by atomic mass is 10.1. The summed E-state index contributed by atoms with van der Waals surface area (Å²) < 4.78 is 13.6. The summed E-state index contributed by atoms with van der Waals surface area (Å²) in [5.41, 5.74) is 3.37. The van der Waals surface area contributed by atoms with Crippen LogP contribution in [0.25, 0.3) is 11.0 Å². The molecule has 1 aliphatic heterocycles. The summed E-state index contributed by atoms with van der Waals surface area (Å²) in [7, 11) is 0. The average molecular weight is 425 g/mol. The third-order valence-electron chi connectivity index (χ3n) is 5.83. The van der Waals surface area contributed by atoms with Crippen molar-refractivity contribution in [3.05, 3.63) is 64.3 Å². The number of aromatic nitrogens is 3. The number of nitrogens with zero attached hydrogens (tertiary/aromatic N) is 3. The number of aromatic amines is 1. The zero-order chi connectivity index (χ0) is 21.5. The Labute approximate surface area is 183 Å². The highest BCUT2D eigenvalue weighted by Gasteiger charge is 2.24. The summed E-state index contributed by atoms with van der Waals surface area (Å²) in [5, 5.41) is 0. The van der Waals surface area contributed by atoms with E-state index in [1.54, 1.807) is 0 Å². The van der Waals surface area contributed by atoms with Crippen molar-refractivity contribution in [3.63, 3.8) is 0 Å². The second kappa shape index (κ2) is 10.7. The first-order valence-electron chi connectivity index (χ1n) is 11.2. The smallest absolute Gasteiger partial charge is 0.275 e. The fourth-order valence-corrected chi connectivity index (χ4v) is 4.19. The predicted molar refractivity (Wildman–Crippen MR) is 121 cm³/mol. The van der Waals surface area contributed by atoms with Crippen LogP contribution in [-0.4, -0.2) is 45.7 Å². The van der Waals surface area contributed by atoms with Gasteiger partial charge in [-0.25, -0.2) is 4.98 Å². The van der Waals surface area contributed by atoms with Gasteiger partial charge in [-0.05, 0) is 30.9 Å². The van der Waals surface area contributed by atoms with Gasteiger partial charge in [-0.2, -0.15) is 0 Å². The van der Waals surface area contributed by atoms with E-state index in [9.17, 15) is 4.79 Å². The molecule has 1 aliphatic rings. The van der Waals surface area contributed by atoms with Gasteiger partial charge in [0.25, 0.3) is 5.56 Å². The number of fused-ring (bicyclic) bond motifs is 1. The number of benzene rings is 1. The molecule has 0 spiro atoms. The molecule has 1 saturated heterocycles. The summed E-state index contributed by atoms with van der Waals surface area (Å²) in [6.07, 6.45) is 6.95. The lowest BCUT2D eigenvalue weighted by molar-refractivity contribution is 0.0665. The van der Waals surface area contributed by atoms with Crippen molar-refractivity contribution in [3.8, 4) is 0 Å². The Hall–Kier alpha value is -2.48. The molecule has 7 nitrogen and oxygen atoms in total. The minimum atomic E-state index is -0.136. The monoisotopic (exact) mass is 424 g/mol. The molecule has 0 unspecified atom stereocenters. The number of ether oxygens (including phenoxy) is 2. The zero-order valence-electron chi connectivity index (χ0n) is 18.3. The van der Waals surface area contributed by atoms with Crippen molar-refractivity contribution in [1.29, 1.82) is 0 Å². The fourth-order valence-electron chi connectivity index (χ4n) is 4.19. The molecular formula is C24H32N4O3. The molecule has 7 heteroatoms. The van der Waals surface area contributed by atoms with Gasteiger partial charge in [0.15, 0.2) is 0 Å². The molecule has 0 bridgehead atoms. The van der Waals surface area contributed by atoms with Crippen LogP contribution in [-0.2, 0) is 29.4 Å². The zero-order valence-corrected chi connectivity index (χ0v) is 18.3. The normalized spacial score (nSPS) is 17.0. The number of hydrogen-bond acceptors (Lipinski definition) is 5. The number of hydrogen-bond donors (Lipinski definition) is 1. The Morgan fingerprint density at radius 1 is 1.23 bits per heavy atom. The minimum Gasteiger partial charge on any atom is -0.381 e. The molecule has 3 aromatic rings. The SMILES string of the molecule is CCCCOC[C@@H]1CCN(Cc2cn(COCc3ccccc3)c3c(=O)[nH]cnc23)C1. The third kappa shape index (κ3) is 5.61. The van der Waals surface area contributed by atoms with Crippen molar-refractivity contribution in [1.82, 2.24) is 19.4 Å². The maximum atomic E-state index is 12.5. The minimum absolute atomic E-state index is 0.136. The Kier molecular flexibility index (Phi) is 7.51. The molecule has 1 N–H and O–H groups in total. The summed E-state index contributed by atoms with van der Waals surface area (Å²) in [5.74, 6) is 0.579. The van der Waals surface area contributed by atoms with Crippen LogP contribution in [0.5, 0.6) is 0 Å². The Morgan fingerprint density at radius 3 is 2.94 bits per heavy atom. The second-order valence-electron chi connectivity index (χ2n) is 8.33. The van der Waals surface area contributed by atoms with E-state index < -0.39 is 0 Å². The second-order valence-corrected chi connectivity index (χ2v) is 8.33. The van der Waals surface area contributed by atoms with Crippen molar-refractivity contribution < 1.29 is 9.47 Å². The first kappa shape index (κ1) is 21.7. The largest absolute Gasteiger partial charge is 0.381 e. The van der Waals surface area contributed by atoms with Crippen LogP contribution in [0.3, 0.4) is 0 Å². The van der Waals surface area contributed by atoms with Gasteiger partial charge in [0.05, 0.1) is 19.5 Å². The highest BCUT2D eigenvalue weighted by molar-refractivity contribution is 5.78. The predicted octanol–water partition coefficient (Wildman–Crippen LogP) is 3.54. The quantitative estimate of drug-likeness (QED) is 0.477. The average Bonchev–Trinajstić information content (AvgIpc) is 3.38. The van der Waals surface area contributed by atoms with Crippen LogP contribution < -0.4 is 5.56 Å². The Bertz CT molecular complexity index is 1010. The van der Waals surface area contributed by atoms with Gasteiger partial charge in [-0.3, -0.25) is 9.69 Å². The lowest BCUT2D eigenvalue weighted by Gasteiger charge is -2.15. The number of rotatable bonds is 11. The molecule has 4 rings (SSSR count). The van der Waals surface area contributed by atoms with E-state index in [0.717, 1.165) is 62.3 Å². The van der Waals surface area contributed by atoms with E-state index >= 15 is 0 Å². The molecule has 1 fully saturated rings. The van der Waals surface area contributed by atoms with E-state index in [-0.39, 0.29) is 5.56 Å². The Morgan fingerprint density at radius 2 is 2.10 bits per heavy atom. The highest BCUT2D eigenvalue weighted by Crippen LogP contribution is 2.23. The molecular weight excluding hydrogens is 392 g/mol. The lowest BCUT2D eigenvalue weighted by Crippen LogP contribution is -2.21. The summed E-state index contributed by atoms with van der Waals surface area (Å²) in [6, 6.07) is 10.0. The van der Waals surface area contributed by atoms with Crippen molar-refractivity contribution in [2.75, 3.05) is 26.3 Å². The van der Waals surface area contributed by atoms with Crippen molar-refractivity contribution in [2.24, 2.45) is 5.92 Å². The Balaban J connectivity index is 1.40. The van der Waals surface area contributed by atoms with E-state index in [4.69, 9.17) is 9.47 Å². The van der Waals surface area contributed by atoms with Crippen LogP contribution >= 0.6 is 0 Å². The maximum absolute atomic E-state index is 12.5. The van der Waals surface area contributed by atoms with Crippen LogP contribution in [0.4, 0.5) is 0 Å². The summed E-state index contributed by atoms with van der Waals surface area (Å²) >= 11 is 0. The van der Waals surface area contributed by atoms with Gasteiger partial charge in [0.2, 0.25) is 0 Å². The molecule has 0 saturated carbocycles. The van der Waals surface area contributed by atoms with Gasteiger partial charge in [0.1, 0.15) is 17.8 Å². The molecule has 0 aliphatic carbocycles. The standard InChI is InChI=1S/C24H32N4O3/c1-2-3-11-30-16-20-9-10-27(12-20)13-21-14-28(23-22(21)25-17-26-24(23)29)18-31-15-19-7-5-4-6-8-19/h4-8,14,17,20H,2-3,9-13,15-16,18H2,1H3,(H,25,26,29)/t20-/m1/s1. The molecule has 1 aromatic carbocycles. The van der Waals surface area contributed by atoms with Gasteiger partial charge in [-0.1, -0.05) is 43.7 Å². The topological polar surface area (TPSA) is 72.4 Å². The first-order chi connectivity index (χ1) is 15.2. The number of H-pyrrole nitrogens is 1. The van der Waals surface area contributed by atoms with E-state index in [0.29, 0.717) is 24.8 Å². The number of nitrogens with one attached hydrogen (secondary N) is 1. The van der Waals surface area contributed by atoms with Crippen LogP contribution in [0, 0.1) is 5.92 Å².